The number of nitrogens with two attached hydrogens (primary N) is 1. The van der Waals surface area contributed by atoms with Crippen LogP contribution in [-0.4, -0.2) is 30.4 Å². The van der Waals surface area contributed by atoms with E-state index in [-0.39, 0.29) is 30.3 Å². The Morgan fingerprint density at radius 3 is 2.29 bits per heavy atom. The fraction of sp³-hybridized carbons (Fsp3) is 0.818. The van der Waals surface area contributed by atoms with Crippen LogP contribution in [0.4, 0.5) is 0 Å². The van der Waals surface area contributed by atoms with Crippen LogP contribution in [0.3, 0.4) is 0 Å². The first kappa shape index (κ1) is 18.6. The zero-order valence-corrected chi connectivity index (χ0v) is 11.6. The van der Waals surface area contributed by atoms with E-state index in [1.54, 1.807) is 6.92 Å². The van der Waals surface area contributed by atoms with E-state index in [1.807, 2.05) is 13.8 Å². The Morgan fingerprint density at radius 1 is 1.24 bits per heavy atom. The molecule has 0 radical (unpaired) electrons. The first-order valence-corrected chi connectivity index (χ1v) is 5.81. The number of nitrogens with one attached hydrogen (secondary N) is 2. The summed E-state index contributed by atoms with van der Waals surface area (Å²) in [5.74, 6) is -0.271. The molecule has 0 saturated heterocycles. The Balaban J connectivity index is 0. The van der Waals surface area contributed by atoms with Crippen LogP contribution in [0, 0.1) is 0 Å². The number of halogens is 1. The van der Waals surface area contributed by atoms with Crippen molar-refractivity contribution in [1.29, 1.82) is 0 Å². The van der Waals surface area contributed by atoms with Crippen molar-refractivity contribution in [3.63, 3.8) is 0 Å². The molecule has 0 rings (SSSR count). The Hall–Kier alpha value is -0.810. The maximum absolute atomic E-state index is 11.6. The molecule has 0 aliphatic rings. The van der Waals surface area contributed by atoms with Gasteiger partial charge in [0.1, 0.15) is 6.04 Å². The van der Waals surface area contributed by atoms with Gasteiger partial charge in [0, 0.05) is 12.5 Å². The van der Waals surface area contributed by atoms with Gasteiger partial charge >= 0.3 is 0 Å². The molecule has 5 nitrogen and oxygen atoms in total. The lowest BCUT2D eigenvalue weighted by Gasteiger charge is -2.17. The Kier molecular flexibility index (Phi) is 11.3. The number of amides is 2. The molecule has 4 N–H and O–H groups in total. The smallest absolute Gasteiger partial charge is 0.242 e. The van der Waals surface area contributed by atoms with Gasteiger partial charge in [-0.25, -0.2) is 0 Å². The summed E-state index contributed by atoms with van der Waals surface area (Å²) >= 11 is 0. The standard InChI is InChI=1S/C11H23N3O2.ClH/c1-4-8(2)13-11(16)9(3)14-10(15)6-5-7-12;/h8-9H,4-7,12H2,1-3H3,(H,13,16)(H,14,15);1H. The number of hydrogen-bond acceptors (Lipinski definition) is 3. The van der Waals surface area contributed by atoms with Gasteiger partial charge < -0.3 is 16.4 Å². The zero-order valence-electron chi connectivity index (χ0n) is 10.8. The molecule has 0 spiro atoms. The monoisotopic (exact) mass is 265 g/mol. The summed E-state index contributed by atoms with van der Waals surface area (Å²) in [6.07, 6.45) is 1.89. The first-order valence-electron chi connectivity index (χ1n) is 5.81. The van der Waals surface area contributed by atoms with Gasteiger partial charge in [0.15, 0.2) is 0 Å². The molecule has 0 saturated carbocycles. The predicted molar refractivity (Wildman–Crippen MR) is 71.0 cm³/mol. The molecule has 0 bridgehead atoms. The van der Waals surface area contributed by atoms with E-state index in [1.165, 1.54) is 0 Å². The van der Waals surface area contributed by atoms with Crippen molar-refractivity contribution in [2.45, 2.75) is 52.1 Å². The highest BCUT2D eigenvalue weighted by molar-refractivity contribution is 5.87. The fourth-order valence-electron chi connectivity index (χ4n) is 1.11. The molecule has 2 unspecified atom stereocenters. The molecule has 6 heteroatoms. The van der Waals surface area contributed by atoms with E-state index in [4.69, 9.17) is 5.73 Å². The summed E-state index contributed by atoms with van der Waals surface area (Å²) in [4.78, 5) is 22.9. The van der Waals surface area contributed by atoms with Crippen molar-refractivity contribution in [3.05, 3.63) is 0 Å². The first-order chi connectivity index (χ1) is 7.51. The van der Waals surface area contributed by atoms with Gasteiger partial charge in [-0.3, -0.25) is 9.59 Å². The summed E-state index contributed by atoms with van der Waals surface area (Å²) in [6.45, 7) is 6.09. The molecular formula is C11H24ClN3O2. The maximum Gasteiger partial charge on any atom is 0.242 e. The predicted octanol–water partition coefficient (Wildman–Crippen LogP) is 0.567. The van der Waals surface area contributed by atoms with Crippen LogP contribution in [-0.2, 0) is 9.59 Å². The van der Waals surface area contributed by atoms with Crippen molar-refractivity contribution in [2.75, 3.05) is 6.54 Å². The van der Waals surface area contributed by atoms with Gasteiger partial charge in [0.25, 0.3) is 0 Å². The van der Waals surface area contributed by atoms with Gasteiger partial charge in [0.2, 0.25) is 11.8 Å². The normalized spacial score (nSPS) is 13.2. The van der Waals surface area contributed by atoms with Crippen LogP contribution in [0.25, 0.3) is 0 Å². The van der Waals surface area contributed by atoms with E-state index in [2.05, 4.69) is 10.6 Å². The molecule has 0 aliphatic heterocycles. The van der Waals surface area contributed by atoms with Gasteiger partial charge in [-0.15, -0.1) is 12.4 Å². The van der Waals surface area contributed by atoms with Crippen LogP contribution in [0.1, 0.15) is 40.0 Å². The lowest BCUT2D eigenvalue weighted by molar-refractivity contribution is -0.129. The number of rotatable bonds is 7. The maximum atomic E-state index is 11.6. The van der Waals surface area contributed by atoms with Gasteiger partial charge in [-0.05, 0) is 33.2 Å². The SMILES string of the molecule is CCC(C)NC(=O)C(C)NC(=O)CCCN.Cl. The summed E-state index contributed by atoms with van der Waals surface area (Å²) < 4.78 is 0. The third-order valence-corrected chi connectivity index (χ3v) is 2.38. The second kappa shape index (κ2) is 10.4. The van der Waals surface area contributed by atoms with Crippen LogP contribution in [0.5, 0.6) is 0 Å². The molecule has 2 atom stereocenters. The quantitative estimate of drug-likeness (QED) is 0.629. The molecule has 0 aliphatic carbocycles. The summed E-state index contributed by atoms with van der Waals surface area (Å²) in [5, 5.41) is 5.45. The van der Waals surface area contributed by atoms with Crippen molar-refractivity contribution < 1.29 is 9.59 Å². The minimum atomic E-state index is -0.487. The summed E-state index contributed by atoms with van der Waals surface area (Å²) in [7, 11) is 0. The third kappa shape index (κ3) is 8.94. The highest BCUT2D eigenvalue weighted by Gasteiger charge is 2.16. The van der Waals surface area contributed by atoms with E-state index >= 15 is 0 Å². The lowest BCUT2D eigenvalue weighted by atomic mass is 10.2. The summed E-state index contributed by atoms with van der Waals surface area (Å²) in [5.41, 5.74) is 5.29. The topological polar surface area (TPSA) is 84.2 Å². The van der Waals surface area contributed by atoms with E-state index in [0.717, 1.165) is 6.42 Å². The number of carbonyl (C=O) groups is 2. The van der Waals surface area contributed by atoms with Crippen LogP contribution in [0.15, 0.2) is 0 Å². The number of hydrogen-bond donors (Lipinski definition) is 3. The molecule has 0 aromatic carbocycles. The van der Waals surface area contributed by atoms with E-state index < -0.39 is 6.04 Å². The largest absolute Gasteiger partial charge is 0.352 e. The average Bonchev–Trinajstić information content (AvgIpc) is 2.25. The van der Waals surface area contributed by atoms with Crippen molar-refractivity contribution in [1.82, 2.24) is 10.6 Å². The van der Waals surface area contributed by atoms with E-state index in [9.17, 15) is 9.59 Å². The third-order valence-electron chi connectivity index (χ3n) is 2.38. The highest BCUT2D eigenvalue weighted by Crippen LogP contribution is 1.92. The zero-order chi connectivity index (χ0) is 12.6. The minimum absolute atomic E-state index is 0. The van der Waals surface area contributed by atoms with Crippen molar-refractivity contribution in [3.8, 4) is 0 Å². The summed E-state index contributed by atoms with van der Waals surface area (Å²) in [6, 6.07) is -0.352. The van der Waals surface area contributed by atoms with Crippen LogP contribution < -0.4 is 16.4 Å². The molecule has 102 valence electrons. The molecule has 0 aromatic rings. The van der Waals surface area contributed by atoms with Gasteiger partial charge in [-0.2, -0.15) is 0 Å². The second-order valence-electron chi connectivity index (χ2n) is 4.00. The molecule has 0 fully saturated rings. The number of carbonyl (C=O) groups excluding carboxylic acids is 2. The molecule has 0 aromatic heterocycles. The fourth-order valence-corrected chi connectivity index (χ4v) is 1.11. The van der Waals surface area contributed by atoms with Crippen LogP contribution in [0.2, 0.25) is 0 Å². The average molecular weight is 266 g/mol. The Morgan fingerprint density at radius 2 is 1.82 bits per heavy atom. The second-order valence-corrected chi connectivity index (χ2v) is 4.00. The Bertz CT molecular complexity index is 237. The molecule has 0 heterocycles. The Labute approximate surface area is 109 Å². The van der Waals surface area contributed by atoms with Crippen molar-refractivity contribution in [2.24, 2.45) is 5.73 Å². The van der Waals surface area contributed by atoms with Crippen molar-refractivity contribution >= 4 is 24.2 Å². The molecular weight excluding hydrogens is 242 g/mol. The van der Waals surface area contributed by atoms with E-state index in [0.29, 0.717) is 19.4 Å². The minimum Gasteiger partial charge on any atom is -0.352 e. The molecule has 17 heavy (non-hydrogen) atoms. The highest BCUT2D eigenvalue weighted by atomic mass is 35.5. The van der Waals surface area contributed by atoms with Gasteiger partial charge in [-0.1, -0.05) is 6.92 Å². The molecule has 2 amide bonds. The lowest BCUT2D eigenvalue weighted by Crippen LogP contribution is -2.47. The van der Waals surface area contributed by atoms with Gasteiger partial charge in [0.05, 0.1) is 0 Å². The van der Waals surface area contributed by atoms with Crippen LogP contribution >= 0.6 is 12.4 Å².